The maximum Gasteiger partial charge on any atom is 0.325 e. The lowest BCUT2D eigenvalue weighted by molar-refractivity contribution is -0.115. The van der Waals surface area contributed by atoms with Crippen molar-refractivity contribution in [3.8, 4) is 0 Å². The van der Waals surface area contributed by atoms with E-state index in [1.54, 1.807) is 0 Å². The molecular formula is C21H27FN11O9PS. The van der Waals surface area contributed by atoms with E-state index in [0.717, 1.165) is 4.68 Å². The highest BCUT2D eigenvalue weighted by Crippen LogP contribution is 2.52. The number of nitrogens with one attached hydrogen (secondary N) is 1. The van der Waals surface area contributed by atoms with Gasteiger partial charge in [-0.1, -0.05) is 5.21 Å². The summed E-state index contributed by atoms with van der Waals surface area (Å²) in [6, 6.07) is 0. The molecule has 6 heterocycles. The van der Waals surface area contributed by atoms with Gasteiger partial charge in [0, 0.05) is 7.11 Å². The Morgan fingerprint density at radius 1 is 1.23 bits per heavy atom. The molecular weight excluding hydrogens is 632 g/mol. The molecule has 0 aliphatic carbocycles. The number of H-pyrrole nitrogens is 1. The number of ether oxygens (including phenoxy) is 3. The Balaban J connectivity index is 1.23. The van der Waals surface area contributed by atoms with Crippen molar-refractivity contribution in [1.29, 1.82) is 0 Å². The highest BCUT2D eigenvalue weighted by molar-refractivity contribution is 8.07. The summed E-state index contributed by atoms with van der Waals surface area (Å²) in [5, 5.41) is 28.4. The van der Waals surface area contributed by atoms with Gasteiger partial charge in [-0.2, -0.15) is 9.67 Å². The van der Waals surface area contributed by atoms with E-state index in [2.05, 4.69) is 35.2 Å². The van der Waals surface area contributed by atoms with Crippen molar-refractivity contribution in [2.75, 3.05) is 31.8 Å². The molecule has 0 aromatic carbocycles. The average Bonchev–Trinajstić information content (AvgIpc) is 3.72. The standard InChI is InChI=1S/C21H27FN11O9PS/c1-21(13(35)12(38-2)18(41-21)32-6-27-9-14(23)25-5-26-15(9)32)4-39-43(37,44)42-11-8(22)7(3-34)40-19(11)33-16-10(30-31-33)17(36)29-20(24)28-16/h5-8,11-13,18-19,34-35H,3-4H2,1-2H3,(H,37,44)(H2,23,25,26)(H3,24,28,29,36)/t7-,8+,11-,12-,13+,18-,19-,21?,43?/m1/s1. The van der Waals surface area contributed by atoms with E-state index in [1.807, 2.05) is 0 Å². The largest absolute Gasteiger partial charge is 0.394 e. The van der Waals surface area contributed by atoms with Crippen LogP contribution in [0, 0.1) is 0 Å². The van der Waals surface area contributed by atoms with E-state index in [0.29, 0.717) is 11.2 Å². The molecule has 4 aromatic rings. The van der Waals surface area contributed by atoms with Gasteiger partial charge in [-0.25, -0.2) is 19.3 Å². The number of anilines is 2. The first-order valence-corrected chi connectivity index (χ1v) is 15.4. The van der Waals surface area contributed by atoms with Gasteiger partial charge in [-0.05, 0) is 18.7 Å². The van der Waals surface area contributed by atoms with Gasteiger partial charge in [0.15, 0.2) is 41.3 Å². The summed E-state index contributed by atoms with van der Waals surface area (Å²) in [6.07, 6.45) is -7.32. The number of alkyl halides is 1. The van der Waals surface area contributed by atoms with Gasteiger partial charge in [-0.3, -0.25) is 18.9 Å². The first-order valence-electron chi connectivity index (χ1n) is 12.9. The van der Waals surface area contributed by atoms with Gasteiger partial charge in [-0.15, -0.1) is 5.10 Å². The number of nitrogens with zero attached hydrogens (tertiary/aromatic N) is 8. The minimum Gasteiger partial charge on any atom is -0.394 e. The Morgan fingerprint density at radius 3 is 2.73 bits per heavy atom. The van der Waals surface area contributed by atoms with Crippen molar-refractivity contribution in [3.05, 3.63) is 23.0 Å². The van der Waals surface area contributed by atoms with E-state index >= 15 is 4.39 Å². The third-order valence-corrected chi connectivity index (χ3v) is 8.89. The SMILES string of the molecule is CO[C@H]1[C@H](n2cnc3c(N)ncnc32)OC(C)(COP(O)(=S)O[C@@H]2[C@@H](F)[C@@H](CO)O[C@H]2n2nnc3c(=O)[nH]c(N)nc32)[C@H]1O. The Kier molecular flexibility index (Phi) is 7.85. The minimum absolute atomic E-state index is 0.138. The second-order valence-electron chi connectivity index (χ2n) is 10.2. The van der Waals surface area contributed by atoms with Crippen molar-refractivity contribution in [2.45, 2.75) is 55.6 Å². The number of rotatable bonds is 9. The number of fused-ring (bicyclic) bond motifs is 2. The molecule has 2 saturated heterocycles. The molecule has 2 fully saturated rings. The fraction of sp³-hybridized carbons (Fsp3) is 0.571. The summed E-state index contributed by atoms with van der Waals surface area (Å²) in [5.41, 5.74) is 9.48. The summed E-state index contributed by atoms with van der Waals surface area (Å²) in [5.74, 6) is -0.137. The van der Waals surface area contributed by atoms with Crippen LogP contribution in [0.3, 0.4) is 0 Å². The maximum atomic E-state index is 15.4. The third-order valence-electron chi connectivity index (χ3n) is 7.35. The highest BCUT2D eigenvalue weighted by Gasteiger charge is 2.55. The molecule has 8 N–H and O–H groups in total. The summed E-state index contributed by atoms with van der Waals surface area (Å²) >= 11 is 5.18. The first-order chi connectivity index (χ1) is 20.9. The minimum atomic E-state index is -4.34. The molecule has 23 heteroatoms. The van der Waals surface area contributed by atoms with Crippen LogP contribution in [0.25, 0.3) is 22.3 Å². The number of methoxy groups -OCH3 is 1. The van der Waals surface area contributed by atoms with Crippen LogP contribution in [0.1, 0.15) is 19.4 Å². The topological polar surface area (TPSA) is 279 Å². The van der Waals surface area contributed by atoms with Crippen LogP contribution < -0.4 is 17.0 Å². The van der Waals surface area contributed by atoms with Crippen molar-refractivity contribution >= 4 is 52.6 Å². The van der Waals surface area contributed by atoms with E-state index in [4.69, 9.17) is 46.5 Å². The van der Waals surface area contributed by atoms with Gasteiger partial charge >= 0.3 is 6.72 Å². The van der Waals surface area contributed by atoms with Crippen molar-refractivity contribution in [3.63, 3.8) is 0 Å². The number of aliphatic hydroxyl groups excluding tert-OH is 2. The maximum absolute atomic E-state index is 15.4. The number of aromatic amines is 1. The Hall–Kier alpha value is -3.31. The highest BCUT2D eigenvalue weighted by atomic mass is 32.5. The lowest BCUT2D eigenvalue weighted by Gasteiger charge is -2.30. The Morgan fingerprint density at radius 2 is 2.00 bits per heavy atom. The molecule has 2 aliphatic rings. The molecule has 9 atom stereocenters. The smallest absolute Gasteiger partial charge is 0.325 e. The normalized spacial score (nSPS) is 32.1. The van der Waals surface area contributed by atoms with Gasteiger partial charge in [0.05, 0.1) is 19.5 Å². The molecule has 238 valence electrons. The molecule has 0 amide bonds. The summed E-state index contributed by atoms with van der Waals surface area (Å²) in [6.45, 7) is -4.17. The predicted octanol–water partition coefficient (Wildman–Crippen LogP) is -1.97. The van der Waals surface area contributed by atoms with Crippen LogP contribution in [0.15, 0.2) is 17.4 Å². The number of nitrogen functional groups attached to an aromatic ring is 2. The number of aliphatic hydroxyl groups is 2. The fourth-order valence-electron chi connectivity index (χ4n) is 5.13. The second kappa shape index (κ2) is 11.2. The van der Waals surface area contributed by atoms with E-state index < -0.39 is 74.1 Å². The zero-order chi connectivity index (χ0) is 31.6. The molecule has 4 aromatic heterocycles. The van der Waals surface area contributed by atoms with Gasteiger partial charge in [0.1, 0.15) is 41.9 Å². The van der Waals surface area contributed by atoms with E-state index in [1.165, 1.54) is 31.3 Å². The molecule has 0 radical (unpaired) electrons. The lowest BCUT2D eigenvalue weighted by atomic mass is 9.98. The zero-order valence-corrected chi connectivity index (χ0v) is 24.6. The lowest BCUT2D eigenvalue weighted by Crippen LogP contribution is -2.44. The molecule has 0 saturated carbocycles. The number of imidazole rings is 1. The van der Waals surface area contributed by atoms with Crippen molar-refractivity contribution in [2.24, 2.45) is 0 Å². The van der Waals surface area contributed by atoms with Gasteiger partial charge < -0.3 is 45.3 Å². The number of hydrogen-bond donors (Lipinski definition) is 6. The molecule has 2 aliphatic heterocycles. The molecule has 2 unspecified atom stereocenters. The van der Waals surface area contributed by atoms with Crippen LogP contribution in [0.2, 0.25) is 0 Å². The van der Waals surface area contributed by atoms with E-state index in [-0.39, 0.29) is 22.9 Å². The molecule has 0 bridgehead atoms. The quantitative estimate of drug-likeness (QED) is 0.106. The van der Waals surface area contributed by atoms with E-state index in [9.17, 15) is 19.9 Å². The van der Waals surface area contributed by atoms with Gasteiger partial charge in [0.25, 0.3) is 5.56 Å². The summed E-state index contributed by atoms with van der Waals surface area (Å²) < 4.78 is 46.2. The molecule has 0 spiro atoms. The summed E-state index contributed by atoms with van der Waals surface area (Å²) in [4.78, 5) is 41.8. The van der Waals surface area contributed by atoms with Crippen LogP contribution in [-0.4, -0.2) is 116 Å². The van der Waals surface area contributed by atoms with Crippen LogP contribution in [0.4, 0.5) is 16.2 Å². The Labute approximate surface area is 250 Å². The second-order valence-corrected chi connectivity index (χ2v) is 13.0. The van der Waals surface area contributed by atoms with Crippen molar-refractivity contribution < 1.29 is 42.8 Å². The monoisotopic (exact) mass is 659 g/mol. The number of halogens is 1. The summed E-state index contributed by atoms with van der Waals surface area (Å²) in [7, 11) is 1.36. The third kappa shape index (κ3) is 5.11. The zero-order valence-electron chi connectivity index (χ0n) is 22.9. The van der Waals surface area contributed by atoms with Crippen LogP contribution in [0.5, 0.6) is 0 Å². The first kappa shape index (κ1) is 30.7. The fourth-order valence-corrected chi connectivity index (χ4v) is 6.59. The number of aromatic nitrogens is 9. The number of hydrogen-bond acceptors (Lipinski definition) is 17. The average molecular weight is 660 g/mol. The van der Waals surface area contributed by atoms with Crippen molar-refractivity contribution in [1.82, 2.24) is 44.5 Å². The predicted molar refractivity (Wildman–Crippen MR) is 149 cm³/mol. The molecule has 44 heavy (non-hydrogen) atoms. The number of nitrogens with two attached hydrogens (primary N) is 2. The molecule has 20 nitrogen and oxygen atoms in total. The Bertz CT molecular complexity index is 1810. The van der Waals surface area contributed by atoms with Gasteiger partial charge in [0.2, 0.25) is 5.95 Å². The van der Waals surface area contributed by atoms with Crippen LogP contribution in [-0.2, 0) is 35.1 Å². The molecule has 6 rings (SSSR count). The van der Waals surface area contributed by atoms with Crippen LogP contribution >= 0.6 is 6.72 Å².